The van der Waals surface area contributed by atoms with E-state index < -0.39 is 0 Å². The van der Waals surface area contributed by atoms with Crippen molar-refractivity contribution in [1.29, 1.82) is 0 Å². The van der Waals surface area contributed by atoms with Crippen molar-refractivity contribution in [2.75, 3.05) is 0 Å². The lowest BCUT2D eigenvalue weighted by Gasteiger charge is -1.74. The van der Waals surface area contributed by atoms with Crippen LogP contribution in [0.5, 0.6) is 0 Å². The van der Waals surface area contributed by atoms with Crippen LogP contribution in [0.1, 0.15) is 11.7 Å². The van der Waals surface area contributed by atoms with Gasteiger partial charge in [-0.3, -0.25) is 0 Å². The minimum Gasteiger partial charge on any atom is -0.339 e. The largest absolute Gasteiger partial charge is 0.339 e. The van der Waals surface area contributed by atoms with E-state index in [1.807, 2.05) is 0 Å². The average Bonchev–Trinajstić information content (AvgIpc) is 2.14. The fraction of sp³-hybridized carbons (Fsp3) is 0.400. The van der Waals surface area contributed by atoms with Crippen LogP contribution in [0.3, 0.4) is 0 Å². The molecule has 1 rings (SSSR count). The van der Waals surface area contributed by atoms with Crippen molar-refractivity contribution >= 4 is 0 Å². The molecule has 0 aliphatic carbocycles. The topological polar surface area (TPSA) is 38.9 Å². The highest BCUT2D eigenvalue weighted by molar-refractivity contribution is 4.82. The molecule has 0 atom stereocenters. The summed E-state index contributed by atoms with van der Waals surface area (Å²) >= 11 is 0. The average molecular weight is 111 g/mol. The van der Waals surface area contributed by atoms with Gasteiger partial charge < -0.3 is 4.52 Å². The maximum absolute atomic E-state index is 4.69. The summed E-state index contributed by atoms with van der Waals surface area (Å²) in [4.78, 5) is 3.89. The molecule has 0 aliphatic heterocycles. The van der Waals surface area contributed by atoms with Crippen LogP contribution in [-0.4, -0.2) is 10.1 Å². The minimum absolute atomic E-state index is 0.570. The molecule has 43 valence electrons. The molecule has 0 spiro atoms. The van der Waals surface area contributed by atoms with E-state index in [1.54, 1.807) is 6.92 Å². The summed E-state index contributed by atoms with van der Waals surface area (Å²) in [6.45, 7) is 5.35. The van der Waals surface area contributed by atoms with E-state index in [-0.39, 0.29) is 0 Å². The van der Waals surface area contributed by atoms with Gasteiger partial charge in [-0.2, -0.15) is 4.98 Å². The first-order valence-corrected chi connectivity index (χ1v) is 2.41. The Balaban J connectivity index is 2.84. The van der Waals surface area contributed by atoms with Gasteiger partial charge in [-0.15, -0.1) is 0 Å². The van der Waals surface area contributed by atoms with Crippen LogP contribution in [0.25, 0.3) is 0 Å². The normalized spacial score (nSPS) is 9.75. The van der Waals surface area contributed by atoms with Gasteiger partial charge in [-0.25, -0.2) is 0 Å². The van der Waals surface area contributed by atoms with E-state index in [2.05, 4.69) is 21.6 Å². The van der Waals surface area contributed by atoms with E-state index >= 15 is 0 Å². The Kier molecular flexibility index (Phi) is 1.28. The molecule has 0 aliphatic rings. The van der Waals surface area contributed by atoms with Crippen molar-refractivity contribution in [3.8, 4) is 0 Å². The van der Waals surface area contributed by atoms with E-state index in [0.717, 1.165) is 0 Å². The first kappa shape index (κ1) is 5.28. The second-order valence-corrected chi connectivity index (χ2v) is 1.49. The van der Waals surface area contributed by atoms with Gasteiger partial charge in [0.2, 0.25) is 5.89 Å². The number of aromatic nitrogens is 2. The molecule has 0 saturated heterocycles. The Morgan fingerprint density at radius 1 is 1.75 bits per heavy atom. The summed E-state index contributed by atoms with van der Waals surface area (Å²) in [5, 5.41) is 3.56. The molecule has 0 bridgehead atoms. The first-order chi connectivity index (χ1) is 3.83. The van der Waals surface area contributed by atoms with Crippen LogP contribution < -0.4 is 0 Å². The second kappa shape index (κ2) is 1.94. The van der Waals surface area contributed by atoms with Crippen LogP contribution >= 0.6 is 0 Å². The van der Waals surface area contributed by atoms with Gasteiger partial charge in [0.05, 0.1) is 0 Å². The summed E-state index contributed by atoms with van der Waals surface area (Å²) in [5.41, 5.74) is 0. The van der Waals surface area contributed by atoms with E-state index in [9.17, 15) is 0 Å². The smallest absolute Gasteiger partial charge is 0.226 e. The monoisotopic (exact) mass is 111 g/mol. The van der Waals surface area contributed by atoms with Crippen LogP contribution in [0.4, 0.5) is 0 Å². The summed E-state index contributed by atoms with van der Waals surface area (Å²) < 4.78 is 4.69. The molecule has 8 heavy (non-hydrogen) atoms. The van der Waals surface area contributed by atoms with Gasteiger partial charge in [0, 0.05) is 6.42 Å². The van der Waals surface area contributed by atoms with Crippen molar-refractivity contribution in [2.24, 2.45) is 0 Å². The lowest BCUT2D eigenvalue weighted by atomic mass is 10.5. The molecule has 3 heteroatoms. The zero-order chi connectivity index (χ0) is 5.98. The fourth-order valence-corrected chi connectivity index (χ4v) is 0.442. The van der Waals surface area contributed by atoms with E-state index in [1.165, 1.54) is 0 Å². The molecular weight excluding hydrogens is 104 g/mol. The Bertz CT molecular complexity index is 171. The summed E-state index contributed by atoms with van der Waals surface area (Å²) in [6.07, 6.45) is 0.570. The Morgan fingerprint density at radius 2 is 2.50 bits per heavy atom. The molecule has 1 aromatic heterocycles. The van der Waals surface area contributed by atoms with Gasteiger partial charge in [0.1, 0.15) is 0 Å². The molecule has 3 nitrogen and oxygen atoms in total. The highest BCUT2D eigenvalue weighted by Crippen LogP contribution is 1.93. The third-order valence-corrected chi connectivity index (χ3v) is 0.783. The molecule has 1 heterocycles. The zero-order valence-corrected chi connectivity index (χ0v) is 4.72. The SMILES string of the molecule is [CH2]Cc1nc(C)no1. The Morgan fingerprint density at radius 3 is 2.75 bits per heavy atom. The van der Waals surface area contributed by atoms with Gasteiger partial charge in [0.25, 0.3) is 0 Å². The molecular formula is C5H7N2O. The predicted molar refractivity (Wildman–Crippen MR) is 28.1 cm³/mol. The Labute approximate surface area is 47.7 Å². The van der Waals surface area contributed by atoms with Crippen LogP contribution in [0.2, 0.25) is 0 Å². The van der Waals surface area contributed by atoms with Gasteiger partial charge >= 0.3 is 0 Å². The maximum atomic E-state index is 4.69. The van der Waals surface area contributed by atoms with Gasteiger partial charge in [-0.1, -0.05) is 5.16 Å². The molecule has 0 N–H and O–H groups in total. The summed E-state index contributed by atoms with van der Waals surface area (Å²) in [5.74, 6) is 1.27. The minimum atomic E-state index is 0.570. The second-order valence-electron chi connectivity index (χ2n) is 1.49. The summed E-state index contributed by atoms with van der Waals surface area (Å²) in [6, 6.07) is 0. The van der Waals surface area contributed by atoms with Crippen molar-refractivity contribution in [2.45, 2.75) is 13.3 Å². The van der Waals surface area contributed by atoms with E-state index in [0.29, 0.717) is 18.1 Å². The standard InChI is InChI=1S/C5H7N2O/c1-3-5-6-4(2)7-8-5/h1,3H2,2H3. The third kappa shape index (κ3) is 0.857. The first-order valence-electron chi connectivity index (χ1n) is 2.41. The molecule has 0 fully saturated rings. The van der Waals surface area contributed by atoms with Crippen LogP contribution in [0.15, 0.2) is 4.52 Å². The predicted octanol–water partition coefficient (Wildman–Crippen LogP) is 0.755. The zero-order valence-electron chi connectivity index (χ0n) is 4.72. The lowest BCUT2D eigenvalue weighted by Crippen LogP contribution is -1.77. The quantitative estimate of drug-likeness (QED) is 0.537. The molecule has 1 radical (unpaired) electrons. The number of aryl methyl sites for hydroxylation is 1. The molecule has 0 aromatic carbocycles. The number of rotatable bonds is 1. The van der Waals surface area contributed by atoms with Crippen molar-refractivity contribution in [1.82, 2.24) is 10.1 Å². The van der Waals surface area contributed by atoms with Crippen molar-refractivity contribution in [3.05, 3.63) is 18.6 Å². The summed E-state index contributed by atoms with van der Waals surface area (Å²) in [7, 11) is 0. The van der Waals surface area contributed by atoms with Crippen LogP contribution in [0, 0.1) is 13.8 Å². The van der Waals surface area contributed by atoms with Crippen LogP contribution in [-0.2, 0) is 6.42 Å². The highest BCUT2D eigenvalue weighted by Gasteiger charge is 1.95. The third-order valence-electron chi connectivity index (χ3n) is 0.783. The molecule has 1 aromatic rings. The molecule has 0 saturated carbocycles. The highest BCUT2D eigenvalue weighted by atomic mass is 16.5. The lowest BCUT2D eigenvalue weighted by molar-refractivity contribution is 0.382. The Hall–Kier alpha value is -0.860. The number of nitrogens with zero attached hydrogens (tertiary/aromatic N) is 2. The maximum Gasteiger partial charge on any atom is 0.226 e. The van der Waals surface area contributed by atoms with Crippen molar-refractivity contribution < 1.29 is 4.52 Å². The van der Waals surface area contributed by atoms with Gasteiger partial charge in [-0.05, 0) is 13.8 Å². The number of hydrogen-bond acceptors (Lipinski definition) is 3. The van der Waals surface area contributed by atoms with Crippen molar-refractivity contribution in [3.63, 3.8) is 0 Å². The molecule has 0 amide bonds. The fourth-order valence-electron chi connectivity index (χ4n) is 0.442. The number of hydrogen-bond donors (Lipinski definition) is 0. The molecule has 0 unspecified atom stereocenters. The van der Waals surface area contributed by atoms with E-state index in [4.69, 9.17) is 0 Å². The van der Waals surface area contributed by atoms with Gasteiger partial charge in [0.15, 0.2) is 5.82 Å².